The van der Waals surface area contributed by atoms with E-state index in [1.807, 2.05) is 41.1 Å². The predicted molar refractivity (Wildman–Crippen MR) is 94.7 cm³/mol. The third-order valence-electron chi connectivity index (χ3n) is 4.35. The smallest absolute Gasteiger partial charge is 0.251 e. The van der Waals surface area contributed by atoms with Crippen molar-refractivity contribution in [2.75, 3.05) is 13.1 Å². The Labute approximate surface area is 145 Å². The summed E-state index contributed by atoms with van der Waals surface area (Å²) < 4.78 is 7.80. The maximum absolute atomic E-state index is 12.3. The van der Waals surface area contributed by atoms with Crippen molar-refractivity contribution in [2.45, 2.75) is 19.1 Å². The molecule has 1 amide bonds. The van der Waals surface area contributed by atoms with Gasteiger partial charge in [-0.25, -0.2) is 4.98 Å². The van der Waals surface area contributed by atoms with Gasteiger partial charge in [-0.3, -0.25) is 4.79 Å². The van der Waals surface area contributed by atoms with Crippen LogP contribution in [-0.2, 0) is 6.54 Å². The molecule has 1 saturated heterocycles. The van der Waals surface area contributed by atoms with E-state index in [0.717, 1.165) is 36.5 Å². The molecule has 1 aliphatic rings. The van der Waals surface area contributed by atoms with Gasteiger partial charge >= 0.3 is 0 Å². The van der Waals surface area contributed by atoms with Crippen LogP contribution >= 0.6 is 0 Å². The molecule has 6 nitrogen and oxygen atoms in total. The van der Waals surface area contributed by atoms with Crippen LogP contribution in [0, 0.1) is 0 Å². The number of ether oxygens (including phenoxy) is 1. The largest absolute Gasteiger partial charge is 0.489 e. The summed E-state index contributed by atoms with van der Waals surface area (Å²) in [6.45, 7) is 2.34. The van der Waals surface area contributed by atoms with E-state index in [0.29, 0.717) is 12.1 Å². The van der Waals surface area contributed by atoms with Crippen LogP contribution in [0.4, 0.5) is 0 Å². The van der Waals surface area contributed by atoms with Gasteiger partial charge in [0, 0.05) is 37.2 Å². The average molecular weight is 336 g/mol. The van der Waals surface area contributed by atoms with Crippen LogP contribution in [0.15, 0.2) is 55.0 Å². The molecule has 0 aliphatic carbocycles. The molecular formula is C19H20N4O2. The molecule has 1 aromatic carbocycles. The summed E-state index contributed by atoms with van der Waals surface area (Å²) in [5.41, 5.74) is 2.51. The second-order valence-electron chi connectivity index (χ2n) is 6.17. The number of hydrogen-bond donors (Lipinski definition) is 2. The highest BCUT2D eigenvalue weighted by molar-refractivity contribution is 5.94. The standard InChI is InChI=1S/C19H20N4O2/c24-19(22-12-14-6-9-23-10-8-21-18(23)11-14)15-1-3-16(4-2-15)25-17-5-7-20-13-17/h1-4,6,8-11,17,20H,5,7,12-13H2,(H,22,24)/t17-/m1/s1. The number of imidazole rings is 1. The van der Waals surface area contributed by atoms with E-state index in [-0.39, 0.29) is 12.0 Å². The van der Waals surface area contributed by atoms with Gasteiger partial charge in [0.2, 0.25) is 0 Å². The predicted octanol–water partition coefficient (Wildman–Crippen LogP) is 2.00. The van der Waals surface area contributed by atoms with Crippen LogP contribution in [0.2, 0.25) is 0 Å². The van der Waals surface area contributed by atoms with Crippen LogP contribution in [0.5, 0.6) is 5.75 Å². The monoisotopic (exact) mass is 336 g/mol. The third kappa shape index (κ3) is 3.64. The number of aromatic nitrogens is 2. The number of rotatable bonds is 5. The highest BCUT2D eigenvalue weighted by Crippen LogP contribution is 2.16. The first-order chi connectivity index (χ1) is 12.3. The third-order valence-corrected chi connectivity index (χ3v) is 4.35. The maximum atomic E-state index is 12.3. The zero-order valence-electron chi connectivity index (χ0n) is 13.8. The van der Waals surface area contributed by atoms with Crippen molar-refractivity contribution >= 4 is 11.6 Å². The summed E-state index contributed by atoms with van der Waals surface area (Å²) in [6, 6.07) is 11.2. The summed E-state index contributed by atoms with van der Waals surface area (Å²) in [5, 5.41) is 6.21. The van der Waals surface area contributed by atoms with Crippen molar-refractivity contribution < 1.29 is 9.53 Å². The zero-order valence-corrected chi connectivity index (χ0v) is 13.8. The van der Waals surface area contributed by atoms with E-state index in [9.17, 15) is 4.79 Å². The summed E-state index contributed by atoms with van der Waals surface area (Å²) in [6.07, 6.45) is 6.82. The number of fused-ring (bicyclic) bond motifs is 1. The fraction of sp³-hybridized carbons (Fsp3) is 0.263. The molecule has 1 fully saturated rings. The van der Waals surface area contributed by atoms with Crippen molar-refractivity contribution in [1.82, 2.24) is 20.0 Å². The molecule has 25 heavy (non-hydrogen) atoms. The molecule has 3 aromatic rings. The van der Waals surface area contributed by atoms with Gasteiger partial charge in [-0.1, -0.05) is 0 Å². The molecule has 0 spiro atoms. The Kier molecular flexibility index (Phi) is 4.35. The Hall–Kier alpha value is -2.86. The lowest BCUT2D eigenvalue weighted by molar-refractivity contribution is 0.0951. The quantitative estimate of drug-likeness (QED) is 0.748. The van der Waals surface area contributed by atoms with Crippen molar-refractivity contribution in [3.63, 3.8) is 0 Å². The first-order valence-electron chi connectivity index (χ1n) is 8.45. The Morgan fingerprint density at radius 3 is 2.96 bits per heavy atom. The molecular weight excluding hydrogens is 316 g/mol. The van der Waals surface area contributed by atoms with Crippen molar-refractivity contribution in [3.05, 3.63) is 66.1 Å². The first-order valence-corrected chi connectivity index (χ1v) is 8.45. The lowest BCUT2D eigenvalue weighted by atomic mass is 10.2. The van der Waals surface area contributed by atoms with Gasteiger partial charge < -0.3 is 19.8 Å². The normalized spacial score (nSPS) is 16.9. The van der Waals surface area contributed by atoms with E-state index in [1.165, 1.54) is 0 Å². The van der Waals surface area contributed by atoms with Gasteiger partial charge in [-0.15, -0.1) is 0 Å². The molecule has 6 heteroatoms. The number of carbonyl (C=O) groups excluding carboxylic acids is 1. The molecule has 0 bridgehead atoms. The Morgan fingerprint density at radius 2 is 2.16 bits per heavy atom. The minimum atomic E-state index is -0.0997. The molecule has 4 rings (SSSR count). The first kappa shape index (κ1) is 15.7. The van der Waals surface area contributed by atoms with Gasteiger partial charge in [0.25, 0.3) is 5.91 Å². The van der Waals surface area contributed by atoms with E-state index in [1.54, 1.807) is 18.3 Å². The summed E-state index contributed by atoms with van der Waals surface area (Å²) >= 11 is 0. The molecule has 2 aromatic heterocycles. The summed E-state index contributed by atoms with van der Waals surface area (Å²) in [7, 11) is 0. The number of hydrogen-bond acceptors (Lipinski definition) is 4. The Morgan fingerprint density at radius 1 is 1.28 bits per heavy atom. The van der Waals surface area contributed by atoms with E-state index < -0.39 is 0 Å². The topological polar surface area (TPSA) is 67.7 Å². The van der Waals surface area contributed by atoms with E-state index >= 15 is 0 Å². The Balaban J connectivity index is 1.35. The van der Waals surface area contributed by atoms with Crippen molar-refractivity contribution in [2.24, 2.45) is 0 Å². The van der Waals surface area contributed by atoms with Gasteiger partial charge in [0.15, 0.2) is 0 Å². The lowest BCUT2D eigenvalue weighted by Crippen LogP contribution is -2.23. The molecule has 128 valence electrons. The van der Waals surface area contributed by atoms with Crippen LogP contribution in [0.1, 0.15) is 22.3 Å². The molecule has 0 radical (unpaired) electrons. The van der Waals surface area contributed by atoms with Crippen LogP contribution in [0.25, 0.3) is 5.65 Å². The minimum absolute atomic E-state index is 0.0997. The molecule has 2 N–H and O–H groups in total. The number of amides is 1. The van der Waals surface area contributed by atoms with Gasteiger partial charge in [-0.2, -0.15) is 0 Å². The fourth-order valence-electron chi connectivity index (χ4n) is 2.95. The lowest BCUT2D eigenvalue weighted by Gasteiger charge is -2.12. The number of nitrogens with one attached hydrogen (secondary N) is 2. The van der Waals surface area contributed by atoms with E-state index in [4.69, 9.17) is 4.74 Å². The number of nitrogens with zero attached hydrogens (tertiary/aromatic N) is 2. The molecule has 0 saturated carbocycles. The summed E-state index contributed by atoms with van der Waals surface area (Å²) in [4.78, 5) is 16.6. The van der Waals surface area contributed by atoms with Crippen molar-refractivity contribution in [1.29, 1.82) is 0 Å². The number of benzene rings is 1. The van der Waals surface area contributed by atoms with Gasteiger partial charge in [0.05, 0.1) is 0 Å². The number of pyridine rings is 1. The fourth-order valence-corrected chi connectivity index (χ4v) is 2.95. The average Bonchev–Trinajstić information content (AvgIpc) is 3.31. The summed E-state index contributed by atoms with van der Waals surface area (Å²) in [5.74, 6) is 0.701. The Bertz CT molecular complexity index is 867. The maximum Gasteiger partial charge on any atom is 0.251 e. The molecule has 3 heterocycles. The second kappa shape index (κ2) is 6.94. The van der Waals surface area contributed by atoms with Gasteiger partial charge in [0.1, 0.15) is 17.5 Å². The second-order valence-corrected chi connectivity index (χ2v) is 6.17. The highest BCUT2D eigenvalue weighted by Gasteiger charge is 2.16. The van der Waals surface area contributed by atoms with Gasteiger partial charge in [-0.05, 0) is 54.9 Å². The van der Waals surface area contributed by atoms with Crippen LogP contribution in [0.3, 0.4) is 0 Å². The SMILES string of the molecule is O=C(NCc1ccn2ccnc2c1)c1ccc(O[C@@H]2CCNC2)cc1. The van der Waals surface area contributed by atoms with E-state index in [2.05, 4.69) is 15.6 Å². The highest BCUT2D eigenvalue weighted by atomic mass is 16.5. The van der Waals surface area contributed by atoms with Crippen molar-refractivity contribution in [3.8, 4) is 5.75 Å². The minimum Gasteiger partial charge on any atom is -0.489 e. The zero-order chi connectivity index (χ0) is 17.1. The molecule has 0 unspecified atom stereocenters. The molecule has 1 atom stereocenters. The molecule has 1 aliphatic heterocycles. The van der Waals surface area contributed by atoms with Crippen LogP contribution < -0.4 is 15.4 Å². The number of carbonyl (C=O) groups is 1. The van der Waals surface area contributed by atoms with Crippen LogP contribution in [-0.4, -0.2) is 34.5 Å².